The molecule has 0 radical (unpaired) electrons. The van der Waals surface area contributed by atoms with Crippen molar-refractivity contribution in [2.24, 2.45) is 5.92 Å². The molecule has 1 heterocycles. The maximum Gasteiger partial charge on any atom is 0.221 e. The zero-order valence-corrected chi connectivity index (χ0v) is 11.2. The Balaban J connectivity index is 1.84. The van der Waals surface area contributed by atoms with Crippen molar-refractivity contribution in [3.05, 3.63) is 35.9 Å². The fourth-order valence-electron chi connectivity index (χ4n) is 2.35. The van der Waals surface area contributed by atoms with Crippen molar-refractivity contribution in [1.82, 2.24) is 5.32 Å². The lowest BCUT2D eigenvalue weighted by atomic mass is 9.96. The number of rotatable bonds is 6. The van der Waals surface area contributed by atoms with E-state index in [0.29, 0.717) is 19.6 Å². The first-order chi connectivity index (χ1) is 9.66. The van der Waals surface area contributed by atoms with E-state index in [9.17, 15) is 14.7 Å². The fraction of sp³-hybridized carbons (Fsp3) is 0.467. The molecule has 1 saturated heterocycles. The van der Waals surface area contributed by atoms with Gasteiger partial charge in [-0.3, -0.25) is 4.79 Å². The van der Waals surface area contributed by atoms with Crippen molar-refractivity contribution >= 4 is 11.9 Å². The summed E-state index contributed by atoms with van der Waals surface area (Å²) in [6, 6.07) is 9.47. The SMILES string of the molecule is O=C(C[C@@H](C(=O)[O-])[C@H]1CCCO1)NCc1ccccc1. The van der Waals surface area contributed by atoms with Gasteiger partial charge in [0.25, 0.3) is 0 Å². The highest BCUT2D eigenvalue weighted by molar-refractivity contribution is 5.81. The molecule has 0 saturated carbocycles. The lowest BCUT2D eigenvalue weighted by molar-refractivity contribution is -0.314. The number of benzene rings is 1. The van der Waals surface area contributed by atoms with Gasteiger partial charge in [-0.2, -0.15) is 0 Å². The number of amides is 1. The Labute approximate surface area is 117 Å². The summed E-state index contributed by atoms with van der Waals surface area (Å²) in [6.07, 6.45) is 1.01. The molecule has 108 valence electrons. The normalized spacial score (nSPS) is 19.5. The van der Waals surface area contributed by atoms with Gasteiger partial charge in [-0.15, -0.1) is 0 Å². The van der Waals surface area contributed by atoms with Crippen LogP contribution < -0.4 is 10.4 Å². The number of hydrogen-bond donors (Lipinski definition) is 1. The van der Waals surface area contributed by atoms with Crippen molar-refractivity contribution in [1.29, 1.82) is 0 Å². The van der Waals surface area contributed by atoms with Crippen molar-refractivity contribution in [2.75, 3.05) is 6.61 Å². The van der Waals surface area contributed by atoms with Crippen LogP contribution in [0.4, 0.5) is 0 Å². The molecule has 0 spiro atoms. The lowest BCUT2D eigenvalue weighted by Gasteiger charge is -2.23. The monoisotopic (exact) mass is 276 g/mol. The third kappa shape index (κ3) is 4.06. The minimum atomic E-state index is -1.22. The van der Waals surface area contributed by atoms with Crippen LogP contribution in [0.3, 0.4) is 0 Å². The van der Waals surface area contributed by atoms with Gasteiger partial charge in [0.1, 0.15) is 0 Å². The molecule has 1 aliphatic heterocycles. The van der Waals surface area contributed by atoms with Gasteiger partial charge in [0.15, 0.2) is 0 Å². The maximum atomic E-state index is 11.8. The predicted molar refractivity (Wildman–Crippen MR) is 70.4 cm³/mol. The molecule has 1 aliphatic rings. The molecule has 5 nitrogen and oxygen atoms in total. The van der Waals surface area contributed by atoms with Crippen LogP contribution in [0.1, 0.15) is 24.8 Å². The van der Waals surface area contributed by atoms with Crippen molar-refractivity contribution in [3.63, 3.8) is 0 Å². The molecule has 1 amide bonds. The molecule has 1 fully saturated rings. The van der Waals surface area contributed by atoms with E-state index in [1.165, 1.54) is 0 Å². The molecule has 2 rings (SSSR count). The third-order valence-corrected chi connectivity index (χ3v) is 3.45. The first kappa shape index (κ1) is 14.5. The molecule has 20 heavy (non-hydrogen) atoms. The van der Waals surface area contributed by atoms with Crippen LogP contribution in [0, 0.1) is 5.92 Å². The predicted octanol–water partition coefficient (Wildman–Crippen LogP) is 0.238. The number of aliphatic carboxylic acids is 1. The van der Waals surface area contributed by atoms with Crippen molar-refractivity contribution in [3.8, 4) is 0 Å². The van der Waals surface area contributed by atoms with E-state index in [0.717, 1.165) is 12.0 Å². The molecule has 1 aromatic carbocycles. The Bertz CT molecular complexity index is 454. The lowest BCUT2D eigenvalue weighted by Crippen LogP contribution is -2.41. The molecule has 0 bridgehead atoms. The Morgan fingerprint density at radius 1 is 1.35 bits per heavy atom. The van der Waals surface area contributed by atoms with Crippen molar-refractivity contribution < 1.29 is 19.4 Å². The van der Waals surface area contributed by atoms with E-state index in [1.54, 1.807) is 0 Å². The van der Waals surface area contributed by atoms with E-state index in [1.807, 2.05) is 30.3 Å². The summed E-state index contributed by atoms with van der Waals surface area (Å²) in [5.74, 6) is -2.38. The van der Waals surface area contributed by atoms with Gasteiger partial charge in [0.2, 0.25) is 5.91 Å². The number of nitrogens with one attached hydrogen (secondary N) is 1. The second-order valence-electron chi connectivity index (χ2n) is 4.94. The summed E-state index contributed by atoms with van der Waals surface area (Å²) in [5.41, 5.74) is 0.975. The molecule has 1 aromatic rings. The molecule has 1 N–H and O–H groups in total. The van der Waals surface area contributed by atoms with Gasteiger partial charge in [0.05, 0.1) is 6.10 Å². The number of carbonyl (C=O) groups excluding carboxylic acids is 2. The summed E-state index contributed by atoms with van der Waals surface area (Å²) in [7, 11) is 0. The minimum absolute atomic E-state index is 0.0974. The van der Waals surface area contributed by atoms with Crippen LogP contribution in [-0.4, -0.2) is 24.6 Å². The zero-order valence-electron chi connectivity index (χ0n) is 11.2. The van der Waals surface area contributed by atoms with E-state index >= 15 is 0 Å². The number of carboxylic acid groups (broad SMARTS) is 1. The van der Waals surface area contributed by atoms with E-state index in [2.05, 4.69) is 5.32 Å². The quantitative estimate of drug-likeness (QED) is 0.807. The first-order valence-corrected chi connectivity index (χ1v) is 6.80. The number of carboxylic acids is 1. The Kier molecular flexibility index (Phi) is 5.12. The van der Waals surface area contributed by atoms with Gasteiger partial charge < -0.3 is 20.0 Å². The zero-order chi connectivity index (χ0) is 14.4. The molecule has 0 aliphatic carbocycles. The highest BCUT2D eigenvalue weighted by Gasteiger charge is 2.28. The molecule has 0 aromatic heterocycles. The highest BCUT2D eigenvalue weighted by Crippen LogP contribution is 2.22. The second kappa shape index (κ2) is 7.05. The standard InChI is InChI=1S/C15H19NO4/c17-14(16-10-11-5-2-1-3-6-11)9-12(15(18)19)13-7-4-8-20-13/h1-3,5-6,12-13H,4,7-10H2,(H,16,17)(H,18,19)/p-1/t12-,13-/m1/s1. The maximum absolute atomic E-state index is 11.8. The molecule has 0 unspecified atom stereocenters. The van der Waals surface area contributed by atoms with Crippen LogP contribution >= 0.6 is 0 Å². The van der Waals surface area contributed by atoms with E-state index in [-0.39, 0.29) is 12.3 Å². The van der Waals surface area contributed by atoms with Crippen LogP contribution in [0.15, 0.2) is 30.3 Å². The van der Waals surface area contributed by atoms with Crippen LogP contribution in [0.2, 0.25) is 0 Å². The number of hydrogen-bond acceptors (Lipinski definition) is 4. The summed E-state index contributed by atoms with van der Waals surface area (Å²) in [5, 5.41) is 13.8. The van der Waals surface area contributed by atoms with Crippen molar-refractivity contribution in [2.45, 2.75) is 31.9 Å². The summed E-state index contributed by atoms with van der Waals surface area (Å²) >= 11 is 0. The van der Waals surface area contributed by atoms with Gasteiger partial charge in [-0.25, -0.2) is 0 Å². The fourth-order valence-corrected chi connectivity index (χ4v) is 2.35. The molecular formula is C15H18NO4-. The largest absolute Gasteiger partial charge is 0.550 e. The topological polar surface area (TPSA) is 78.5 Å². The Morgan fingerprint density at radius 3 is 2.70 bits per heavy atom. The van der Waals surface area contributed by atoms with E-state index in [4.69, 9.17) is 4.74 Å². The molecule has 2 atom stereocenters. The minimum Gasteiger partial charge on any atom is -0.550 e. The van der Waals surface area contributed by atoms with Crippen LogP contribution in [-0.2, 0) is 20.9 Å². The third-order valence-electron chi connectivity index (χ3n) is 3.45. The smallest absolute Gasteiger partial charge is 0.221 e. The van der Waals surface area contributed by atoms with Gasteiger partial charge >= 0.3 is 0 Å². The van der Waals surface area contributed by atoms with Crippen LogP contribution in [0.5, 0.6) is 0 Å². The molecular weight excluding hydrogens is 258 g/mol. The van der Waals surface area contributed by atoms with Crippen LogP contribution in [0.25, 0.3) is 0 Å². The molecule has 5 heteroatoms. The number of carbonyl (C=O) groups is 2. The summed E-state index contributed by atoms with van der Waals surface area (Å²) in [6.45, 7) is 0.949. The summed E-state index contributed by atoms with van der Waals surface area (Å²) < 4.78 is 5.34. The highest BCUT2D eigenvalue weighted by atomic mass is 16.5. The average Bonchev–Trinajstić information content (AvgIpc) is 2.97. The first-order valence-electron chi connectivity index (χ1n) is 6.80. The van der Waals surface area contributed by atoms with Gasteiger partial charge in [0, 0.05) is 31.5 Å². The Hall–Kier alpha value is -1.88. The average molecular weight is 276 g/mol. The Morgan fingerprint density at radius 2 is 2.10 bits per heavy atom. The summed E-state index contributed by atoms with van der Waals surface area (Å²) in [4.78, 5) is 23.0. The van der Waals surface area contributed by atoms with Gasteiger partial charge in [-0.1, -0.05) is 30.3 Å². The van der Waals surface area contributed by atoms with E-state index < -0.39 is 18.0 Å². The second-order valence-corrected chi connectivity index (χ2v) is 4.94. The number of ether oxygens (including phenoxy) is 1. The van der Waals surface area contributed by atoms with Gasteiger partial charge in [-0.05, 0) is 18.4 Å².